The van der Waals surface area contributed by atoms with Gasteiger partial charge in [-0.2, -0.15) is 0 Å². The van der Waals surface area contributed by atoms with Crippen LogP contribution in [0, 0.1) is 5.92 Å². The highest BCUT2D eigenvalue weighted by molar-refractivity contribution is 6.36. The van der Waals surface area contributed by atoms with Crippen LogP contribution in [-0.2, 0) is 19.2 Å². The molecule has 0 aliphatic heterocycles. The molecule has 0 saturated heterocycles. The van der Waals surface area contributed by atoms with Gasteiger partial charge in [-0.25, -0.2) is 14.2 Å². The largest absolute Gasteiger partial charge is 0.497 e. The Kier molecular flexibility index (Phi) is 12.0. The van der Waals surface area contributed by atoms with Gasteiger partial charge in [-0.1, -0.05) is 49.2 Å². The number of nitrogens with one attached hydrogen (secondary N) is 4. The number of aromatic nitrogens is 1. The van der Waals surface area contributed by atoms with Crippen molar-refractivity contribution in [2.45, 2.75) is 44.4 Å². The first-order valence-electron chi connectivity index (χ1n) is 13.6. The summed E-state index contributed by atoms with van der Waals surface area (Å²) in [5.41, 5.74) is 5.08. The van der Waals surface area contributed by atoms with Crippen LogP contribution in [0.4, 0.5) is 10.1 Å². The van der Waals surface area contributed by atoms with Crippen molar-refractivity contribution in [3.05, 3.63) is 58.7 Å². The van der Waals surface area contributed by atoms with Gasteiger partial charge in [-0.15, -0.1) is 0 Å². The van der Waals surface area contributed by atoms with E-state index in [0.717, 1.165) is 0 Å². The van der Waals surface area contributed by atoms with Crippen molar-refractivity contribution >= 4 is 69.4 Å². The number of nitrogens with two attached hydrogens (primary N) is 1. The molecule has 242 valence electrons. The van der Waals surface area contributed by atoms with Crippen molar-refractivity contribution in [1.29, 1.82) is 0 Å². The molecule has 0 saturated carbocycles. The lowest BCUT2D eigenvalue weighted by molar-refractivity contribution is -0.148. The lowest BCUT2D eigenvalue weighted by Gasteiger charge is -2.33. The third-order valence-corrected chi connectivity index (χ3v) is 7.10. The van der Waals surface area contributed by atoms with Gasteiger partial charge in [0.1, 0.15) is 17.5 Å². The smallest absolute Gasteiger partial charge is 0.352 e. The summed E-state index contributed by atoms with van der Waals surface area (Å²) in [6, 6.07) is 8.33. The molecule has 0 aliphatic rings. The third-order valence-electron chi connectivity index (χ3n) is 6.60. The number of aromatic carboxylic acids is 1. The predicted octanol–water partition coefficient (Wildman–Crippen LogP) is 3.48. The zero-order valence-electron chi connectivity index (χ0n) is 24.5. The van der Waals surface area contributed by atoms with Crippen LogP contribution in [0.1, 0.15) is 48.8 Å². The second kappa shape index (κ2) is 15.4. The summed E-state index contributed by atoms with van der Waals surface area (Å²) in [6.07, 6.45) is -0.682. The summed E-state index contributed by atoms with van der Waals surface area (Å²) in [4.78, 5) is 66.8. The van der Waals surface area contributed by atoms with E-state index in [1.807, 2.05) is 0 Å². The molecule has 3 rings (SSSR count). The molecule has 0 bridgehead atoms. The van der Waals surface area contributed by atoms with E-state index in [2.05, 4.69) is 21.0 Å². The molecular weight excluding hydrogens is 634 g/mol. The Morgan fingerprint density at radius 3 is 2.42 bits per heavy atom. The molecule has 2 unspecified atom stereocenters. The van der Waals surface area contributed by atoms with Gasteiger partial charge in [0.2, 0.25) is 11.8 Å². The van der Waals surface area contributed by atoms with E-state index in [4.69, 9.17) is 33.7 Å². The maximum absolute atomic E-state index is 14.4. The van der Waals surface area contributed by atoms with Gasteiger partial charge < -0.3 is 31.2 Å². The van der Waals surface area contributed by atoms with Crippen molar-refractivity contribution in [2.24, 2.45) is 11.7 Å². The number of fused-ring (bicyclic) bond motifs is 1. The standard InChI is InChI=1S/C29H33Cl2FN6O7/c1-14(2)10-19(35-22(40)13-34-15-6-4-7-16(11-15)45-3)27(41)37-38(28(42)26(31)32)20(12-21(33)39)24-23-17(30)8-5-9-18(23)36-25(24)29(43)44/h4-9,11,14,19-20,26,34,36H,10,12-13H2,1-3H3,(H2,33,39)(H,35,40)(H,37,41)(H,43,44)/t19-,20?,26?/m0/s1. The van der Waals surface area contributed by atoms with Crippen LogP contribution >= 0.6 is 23.2 Å². The summed E-state index contributed by atoms with van der Waals surface area (Å²) in [5, 5.41) is 16.0. The van der Waals surface area contributed by atoms with E-state index in [9.17, 15) is 33.5 Å². The molecule has 3 atom stereocenters. The van der Waals surface area contributed by atoms with Gasteiger partial charge in [-0.3, -0.25) is 24.6 Å². The van der Waals surface area contributed by atoms with Crippen molar-refractivity contribution in [1.82, 2.24) is 20.7 Å². The maximum Gasteiger partial charge on any atom is 0.352 e. The van der Waals surface area contributed by atoms with Crippen LogP contribution in [0.3, 0.4) is 0 Å². The number of hydrogen-bond acceptors (Lipinski definition) is 7. The number of H-pyrrole nitrogens is 1. The number of rotatable bonds is 14. The fourth-order valence-electron chi connectivity index (χ4n) is 4.70. The first-order chi connectivity index (χ1) is 21.2. The molecule has 4 amide bonds. The molecule has 0 spiro atoms. The number of amides is 4. The fraction of sp³-hybridized carbons (Fsp3) is 0.345. The number of alkyl halides is 2. The highest BCUT2D eigenvalue weighted by Gasteiger charge is 2.38. The Bertz CT molecular complexity index is 1580. The molecule has 0 radical (unpaired) electrons. The number of carbonyl (C=O) groups excluding carboxylic acids is 4. The monoisotopic (exact) mass is 666 g/mol. The summed E-state index contributed by atoms with van der Waals surface area (Å²) < 4.78 is 19.6. The van der Waals surface area contributed by atoms with Crippen LogP contribution in [0.25, 0.3) is 10.9 Å². The van der Waals surface area contributed by atoms with Gasteiger partial charge >= 0.3 is 5.97 Å². The average Bonchev–Trinajstić information content (AvgIpc) is 3.38. The van der Waals surface area contributed by atoms with Gasteiger partial charge in [0.05, 0.1) is 31.1 Å². The van der Waals surface area contributed by atoms with Crippen molar-refractivity contribution in [3.8, 4) is 5.75 Å². The normalized spacial score (nSPS) is 13.0. The van der Waals surface area contributed by atoms with Crippen LogP contribution < -0.4 is 26.5 Å². The second-order valence-electron chi connectivity index (χ2n) is 10.4. The SMILES string of the molecule is COc1cccc(NCC(=O)N[C@@H](CC(C)C)C(=O)NN(C(=O)C(F)Cl)C(CC(N)=O)c2c(C(=O)O)[nH]c3cccc(Cl)c23)c1. The van der Waals surface area contributed by atoms with Gasteiger partial charge in [0.25, 0.3) is 17.4 Å². The van der Waals surface area contributed by atoms with Gasteiger partial charge in [-0.05, 0) is 36.6 Å². The minimum Gasteiger partial charge on any atom is -0.497 e. The third kappa shape index (κ3) is 8.99. The molecule has 13 nitrogen and oxygen atoms in total. The van der Waals surface area contributed by atoms with Crippen LogP contribution in [0.15, 0.2) is 42.5 Å². The zero-order chi connectivity index (χ0) is 33.4. The topological polar surface area (TPSA) is 196 Å². The zero-order valence-corrected chi connectivity index (χ0v) is 26.0. The number of benzene rings is 2. The summed E-state index contributed by atoms with van der Waals surface area (Å²) >= 11 is 11.9. The van der Waals surface area contributed by atoms with E-state index >= 15 is 0 Å². The Morgan fingerprint density at radius 1 is 1.13 bits per heavy atom. The molecule has 3 aromatic rings. The fourth-order valence-corrected chi connectivity index (χ4v) is 5.08. The molecule has 7 N–H and O–H groups in total. The Morgan fingerprint density at radius 2 is 1.82 bits per heavy atom. The Balaban J connectivity index is 1.99. The Hall–Kier alpha value is -4.56. The van der Waals surface area contributed by atoms with Crippen molar-refractivity contribution in [2.75, 3.05) is 19.0 Å². The van der Waals surface area contributed by atoms with Crippen LogP contribution in [-0.4, -0.2) is 70.0 Å². The molecule has 1 aromatic heterocycles. The first kappa shape index (κ1) is 34.9. The molecule has 0 aliphatic carbocycles. The maximum atomic E-state index is 14.4. The quantitative estimate of drug-likeness (QED) is 0.111. The van der Waals surface area contributed by atoms with E-state index in [-0.39, 0.29) is 40.4 Å². The lowest BCUT2D eigenvalue weighted by atomic mass is 9.98. The van der Waals surface area contributed by atoms with Crippen LogP contribution in [0.2, 0.25) is 5.02 Å². The van der Waals surface area contributed by atoms with Gasteiger partial charge in [0.15, 0.2) is 0 Å². The number of carboxylic acid groups (broad SMARTS) is 1. The van der Waals surface area contributed by atoms with Crippen molar-refractivity contribution in [3.63, 3.8) is 0 Å². The first-order valence-corrected chi connectivity index (χ1v) is 14.5. The van der Waals surface area contributed by atoms with Crippen LogP contribution in [0.5, 0.6) is 5.75 Å². The van der Waals surface area contributed by atoms with E-state index in [1.54, 1.807) is 38.1 Å². The number of primary amides is 1. The molecule has 16 heteroatoms. The molecular formula is C29H33Cl2FN6O7. The number of halogens is 3. The predicted molar refractivity (Wildman–Crippen MR) is 165 cm³/mol. The van der Waals surface area contributed by atoms with E-state index < -0.39 is 59.4 Å². The summed E-state index contributed by atoms with van der Waals surface area (Å²) in [6.45, 7) is 3.32. The van der Waals surface area contributed by atoms with Gasteiger partial charge in [0, 0.05) is 28.2 Å². The number of hydrogen-bond donors (Lipinski definition) is 6. The highest BCUT2D eigenvalue weighted by atomic mass is 35.5. The highest BCUT2D eigenvalue weighted by Crippen LogP contribution is 2.38. The number of anilines is 1. The summed E-state index contributed by atoms with van der Waals surface area (Å²) in [7, 11) is 1.49. The minimum atomic E-state index is -2.72. The number of ether oxygens (including phenoxy) is 1. The molecule has 0 fully saturated rings. The number of carbonyl (C=O) groups is 5. The Labute approximate surface area is 267 Å². The number of aromatic amines is 1. The molecule has 2 aromatic carbocycles. The number of hydrazine groups is 1. The number of nitrogens with zero attached hydrogens (tertiary/aromatic N) is 1. The second-order valence-corrected chi connectivity index (χ2v) is 11.2. The number of methoxy groups -OCH3 is 1. The van der Waals surface area contributed by atoms with E-state index in [0.29, 0.717) is 16.4 Å². The summed E-state index contributed by atoms with van der Waals surface area (Å²) in [5.74, 6) is -5.20. The average molecular weight is 668 g/mol. The molecule has 1 heterocycles. The lowest BCUT2D eigenvalue weighted by Crippen LogP contribution is -2.57. The minimum absolute atomic E-state index is 0.0376. The number of carboxylic acids is 1. The molecule has 45 heavy (non-hydrogen) atoms. The van der Waals surface area contributed by atoms with E-state index in [1.165, 1.54) is 25.3 Å². The van der Waals surface area contributed by atoms with Crippen molar-refractivity contribution < 1.29 is 38.2 Å².